The Balaban J connectivity index is 2.38. The van der Waals surface area contributed by atoms with Crippen molar-refractivity contribution in [2.24, 2.45) is 5.73 Å². The van der Waals surface area contributed by atoms with Gasteiger partial charge in [-0.2, -0.15) is 15.0 Å². The SMILES string of the molecule is CNc1nc(N(C)C)nc(N2CCOCC2C(N)=O)n1. The third kappa shape index (κ3) is 2.87. The molecule has 0 radical (unpaired) electrons. The summed E-state index contributed by atoms with van der Waals surface area (Å²) in [6.07, 6.45) is 0. The van der Waals surface area contributed by atoms with Gasteiger partial charge in [0.15, 0.2) is 0 Å². The highest BCUT2D eigenvalue weighted by Gasteiger charge is 2.30. The Labute approximate surface area is 117 Å². The van der Waals surface area contributed by atoms with E-state index >= 15 is 0 Å². The van der Waals surface area contributed by atoms with Crippen molar-refractivity contribution in [3.05, 3.63) is 0 Å². The number of primary amides is 1. The zero-order valence-corrected chi connectivity index (χ0v) is 11.8. The molecular formula is C11H19N7O2. The van der Waals surface area contributed by atoms with Gasteiger partial charge in [-0.05, 0) is 0 Å². The lowest BCUT2D eigenvalue weighted by Crippen LogP contribution is -2.53. The number of aromatic nitrogens is 3. The van der Waals surface area contributed by atoms with E-state index in [1.165, 1.54) is 0 Å². The van der Waals surface area contributed by atoms with Crippen LogP contribution >= 0.6 is 0 Å². The standard InChI is InChI=1S/C11H19N7O2/c1-13-9-14-10(17(2)3)16-11(15-9)18-4-5-20-6-7(18)8(12)19/h7H,4-6H2,1-3H3,(H2,12,19)(H,13,14,15,16). The maximum atomic E-state index is 11.5. The first-order chi connectivity index (χ1) is 9.52. The molecule has 9 nitrogen and oxygen atoms in total. The Bertz CT molecular complexity index is 494. The van der Waals surface area contributed by atoms with E-state index in [0.29, 0.717) is 31.0 Å². The molecule has 3 N–H and O–H groups in total. The average molecular weight is 281 g/mol. The van der Waals surface area contributed by atoms with Gasteiger partial charge in [-0.3, -0.25) is 4.79 Å². The van der Waals surface area contributed by atoms with Crippen LogP contribution in [0.3, 0.4) is 0 Å². The molecule has 1 aliphatic rings. The van der Waals surface area contributed by atoms with Crippen molar-refractivity contribution < 1.29 is 9.53 Å². The summed E-state index contributed by atoms with van der Waals surface area (Å²) in [5, 5.41) is 2.88. The molecule has 1 atom stereocenters. The van der Waals surface area contributed by atoms with Crippen LogP contribution in [0, 0.1) is 0 Å². The highest BCUT2D eigenvalue weighted by molar-refractivity contribution is 5.83. The molecule has 110 valence electrons. The number of ether oxygens (including phenoxy) is 1. The van der Waals surface area contributed by atoms with Crippen LogP contribution in [0.15, 0.2) is 0 Å². The molecule has 0 bridgehead atoms. The third-order valence-electron chi connectivity index (χ3n) is 2.95. The van der Waals surface area contributed by atoms with Crippen LogP contribution in [-0.2, 0) is 9.53 Å². The van der Waals surface area contributed by atoms with Crippen LogP contribution in [0.4, 0.5) is 17.8 Å². The summed E-state index contributed by atoms with van der Waals surface area (Å²) in [6, 6.07) is -0.564. The highest BCUT2D eigenvalue weighted by Crippen LogP contribution is 2.19. The van der Waals surface area contributed by atoms with Crippen molar-refractivity contribution in [2.75, 3.05) is 56.0 Å². The van der Waals surface area contributed by atoms with Crippen molar-refractivity contribution in [2.45, 2.75) is 6.04 Å². The molecule has 1 aromatic heterocycles. The summed E-state index contributed by atoms with van der Waals surface area (Å²) in [4.78, 5) is 27.9. The van der Waals surface area contributed by atoms with Crippen LogP contribution < -0.4 is 20.9 Å². The Kier molecular flexibility index (Phi) is 4.18. The average Bonchev–Trinajstić information content (AvgIpc) is 2.46. The van der Waals surface area contributed by atoms with Gasteiger partial charge in [-0.15, -0.1) is 0 Å². The van der Waals surface area contributed by atoms with Crippen LogP contribution in [-0.4, -0.2) is 67.8 Å². The van der Waals surface area contributed by atoms with Crippen molar-refractivity contribution in [1.82, 2.24) is 15.0 Å². The summed E-state index contributed by atoms with van der Waals surface area (Å²) < 4.78 is 5.29. The number of carbonyl (C=O) groups excluding carboxylic acids is 1. The van der Waals surface area contributed by atoms with Crippen molar-refractivity contribution in [3.63, 3.8) is 0 Å². The van der Waals surface area contributed by atoms with Crippen LogP contribution in [0.1, 0.15) is 0 Å². The second kappa shape index (κ2) is 5.87. The number of hydrogen-bond donors (Lipinski definition) is 2. The van der Waals surface area contributed by atoms with Crippen LogP contribution in [0.5, 0.6) is 0 Å². The number of anilines is 3. The largest absolute Gasteiger partial charge is 0.377 e. The molecule has 1 aromatic rings. The number of carbonyl (C=O) groups is 1. The predicted octanol–water partition coefficient (Wildman–Crippen LogP) is -1.33. The molecule has 0 aliphatic carbocycles. The molecular weight excluding hydrogens is 262 g/mol. The molecule has 0 saturated carbocycles. The fraction of sp³-hybridized carbons (Fsp3) is 0.636. The van der Waals surface area contributed by atoms with Gasteiger partial charge in [0.2, 0.25) is 23.8 Å². The molecule has 0 aromatic carbocycles. The molecule has 1 aliphatic heterocycles. The molecule has 1 amide bonds. The molecule has 20 heavy (non-hydrogen) atoms. The predicted molar refractivity (Wildman–Crippen MR) is 74.8 cm³/mol. The quantitative estimate of drug-likeness (QED) is 0.698. The lowest BCUT2D eigenvalue weighted by Gasteiger charge is -2.33. The Morgan fingerprint density at radius 2 is 2.20 bits per heavy atom. The molecule has 9 heteroatoms. The molecule has 2 rings (SSSR count). The van der Waals surface area contributed by atoms with E-state index in [4.69, 9.17) is 10.5 Å². The number of hydrogen-bond acceptors (Lipinski definition) is 8. The number of nitrogens with zero attached hydrogens (tertiary/aromatic N) is 5. The van der Waals surface area contributed by atoms with Crippen LogP contribution in [0.25, 0.3) is 0 Å². The summed E-state index contributed by atoms with van der Waals surface area (Å²) in [6.45, 7) is 1.25. The zero-order valence-electron chi connectivity index (χ0n) is 11.8. The summed E-state index contributed by atoms with van der Waals surface area (Å²) in [5.41, 5.74) is 5.41. The monoisotopic (exact) mass is 281 g/mol. The summed E-state index contributed by atoms with van der Waals surface area (Å²) >= 11 is 0. The van der Waals surface area contributed by atoms with Gasteiger partial charge in [-0.25, -0.2) is 0 Å². The second-order valence-corrected chi connectivity index (χ2v) is 4.59. The van der Waals surface area contributed by atoms with Gasteiger partial charge < -0.3 is 25.6 Å². The molecule has 1 fully saturated rings. The third-order valence-corrected chi connectivity index (χ3v) is 2.95. The van der Waals surface area contributed by atoms with Crippen molar-refractivity contribution >= 4 is 23.8 Å². The van der Waals surface area contributed by atoms with E-state index in [1.54, 1.807) is 16.8 Å². The van der Waals surface area contributed by atoms with E-state index in [9.17, 15) is 4.79 Å². The number of morpholine rings is 1. The first-order valence-corrected chi connectivity index (χ1v) is 6.27. The molecule has 2 heterocycles. The lowest BCUT2D eigenvalue weighted by atomic mass is 10.2. The van der Waals surface area contributed by atoms with Crippen molar-refractivity contribution in [3.8, 4) is 0 Å². The maximum Gasteiger partial charge on any atom is 0.242 e. The van der Waals surface area contributed by atoms with Gasteiger partial charge in [0.1, 0.15) is 6.04 Å². The van der Waals surface area contributed by atoms with E-state index in [0.717, 1.165) is 0 Å². The minimum Gasteiger partial charge on any atom is -0.377 e. The summed E-state index contributed by atoms with van der Waals surface area (Å²) in [7, 11) is 5.40. The Morgan fingerprint density at radius 1 is 1.45 bits per heavy atom. The van der Waals surface area contributed by atoms with E-state index in [2.05, 4.69) is 20.3 Å². The maximum absolute atomic E-state index is 11.5. The minimum absolute atomic E-state index is 0.243. The topological polar surface area (TPSA) is 110 Å². The fourth-order valence-electron chi connectivity index (χ4n) is 1.87. The fourth-order valence-corrected chi connectivity index (χ4v) is 1.87. The summed E-state index contributed by atoms with van der Waals surface area (Å²) in [5.74, 6) is 0.908. The van der Waals surface area contributed by atoms with Gasteiger partial charge in [0.25, 0.3) is 0 Å². The number of nitrogens with two attached hydrogens (primary N) is 1. The second-order valence-electron chi connectivity index (χ2n) is 4.59. The van der Waals surface area contributed by atoms with Gasteiger partial charge in [0.05, 0.1) is 13.2 Å². The highest BCUT2D eigenvalue weighted by atomic mass is 16.5. The van der Waals surface area contributed by atoms with E-state index in [1.807, 2.05) is 14.1 Å². The Hall–Kier alpha value is -2.16. The van der Waals surface area contributed by atoms with Gasteiger partial charge in [-0.1, -0.05) is 0 Å². The first-order valence-electron chi connectivity index (χ1n) is 6.27. The van der Waals surface area contributed by atoms with Crippen LogP contribution in [0.2, 0.25) is 0 Å². The molecule has 1 unspecified atom stereocenters. The number of amides is 1. The minimum atomic E-state index is -0.564. The first kappa shape index (κ1) is 14.3. The molecule has 1 saturated heterocycles. The number of nitrogens with one attached hydrogen (secondary N) is 1. The smallest absolute Gasteiger partial charge is 0.242 e. The zero-order chi connectivity index (χ0) is 14.7. The number of rotatable bonds is 4. The normalized spacial score (nSPS) is 18.8. The van der Waals surface area contributed by atoms with Crippen molar-refractivity contribution in [1.29, 1.82) is 0 Å². The Morgan fingerprint density at radius 3 is 2.80 bits per heavy atom. The van der Waals surface area contributed by atoms with E-state index < -0.39 is 11.9 Å². The lowest BCUT2D eigenvalue weighted by molar-refractivity contribution is -0.121. The van der Waals surface area contributed by atoms with Gasteiger partial charge in [0, 0.05) is 27.7 Å². The molecule has 0 spiro atoms. The van der Waals surface area contributed by atoms with E-state index in [-0.39, 0.29) is 6.61 Å². The van der Waals surface area contributed by atoms with Gasteiger partial charge >= 0.3 is 0 Å².